The van der Waals surface area contributed by atoms with Gasteiger partial charge in [0.15, 0.2) is 0 Å². The molecule has 20 heavy (non-hydrogen) atoms. The van der Waals surface area contributed by atoms with E-state index in [-0.39, 0.29) is 11.6 Å². The smallest absolute Gasteiger partial charge is 0.129 e. The Labute approximate surface area is 120 Å². The number of benzene rings is 1. The molecule has 0 aliphatic carbocycles. The first-order valence-corrected chi connectivity index (χ1v) is 7.41. The normalized spacial score (nSPS) is 21.9. The molecule has 112 valence electrons. The van der Waals surface area contributed by atoms with Gasteiger partial charge in [-0.2, -0.15) is 0 Å². The highest BCUT2D eigenvalue weighted by Gasteiger charge is 2.18. The molecule has 2 nitrogen and oxygen atoms in total. The van der Waals surface area contributed by atoms with E-state index in [0.717, 1.165) is 13.1 Å². The van der Waals surface area contributed by atoms with E-state index in [4.69, 9.17) is 0 Å². The van der Waals surface area contributed by atoms with E-state index in [1.807, 2.05) is 6.92 Å². The van der Waals surface area contributed by atoms with Gasteiger partial charge in [-0.15, -0.1) is 0 Å². The lowest BCUT2D eigenvalue weighted by Crippen LogP contribution is -2.40. The number of piperidine rings is 1. The predicted molar refractivity (Wildman–Crippen MR) is 77.7 cm³/mol. The second-order valence-electron chi connectivity index (χ2n) is 5.98. The lowest BCUT2D eigenvalue weighted by Gasteiger charge is -2.30. The quantitative estimate of drug-likeness (QED) is 0.893. The summed E-state index contributed by atoms with van der Waals surface area (Å²) in [6.45, 7) is 5.18. The average molecular weight is 282 g/mol. The van der Waals surface area contributed by atoms with E-state index in [9.17, 15) is 8.78 Å². The van der Waals surface area contributed by atoms with Gasteiger partial charge >= 0.3 is 0 Å². The maximum Gasteiger partial charge on any atom is 0.129 e. The van der Waals surface area contributed by atoms with Crippen molar-refractivity contribution < 1.29 is 8.78 Å². The minimum atomic E-state index is -0.448. The van der Waals surface area contributed by atoms with E-state index in [1.165, 1.54) is 37.6 Å². The summed E-state index contributed by atoms with van der Waals surface area (Å²) in [7, 11) is 2.14. The topological polar surface area (TPSA) is 15.3 Å². The van der Waals surface area contributed by atoms with Crippen molar-refractivity contribution in [3.05, 3.63) is 35.4 Å². The summed E-state index contributed by atoms with van der Waals surface area (Å²) >= 11 is 0. The maximum absolute atomic E-state index is 13.6. The van der Waals surface area contributed by atoms with Crippen molar-refractivity contribution in [2.24, 2.45) is 5.92 Å². The molecule has 1 N–H and O–H groups in total. The van der Waals surface area contributed by atoms with E-state index < -0.39 is 11.6 Å². The van der Waals surface area contributed by atoms with Crippen LogP contribution in [0.4, 0.5) is 8.78 Å². The zero-order valence-corrected chi connectivity index (χ0v) is 12.3. The summed E-state index contributed by atoms with van der Waals surface area (Å²) in [5, 5.41) is 3.42. The average Bonchev–Trinajstić information content (AvgIpc) is 2.41. The van der Waals surface area contributed by atoms with Crippen LogP contribution < -0.4 is 5.32 Å². The van der Waals surface area contributed by atoms with Gasteiger partial charge in [0.1, 0.15) is 11.6 Å². The SMILES string of the molecule is CC(Cc1c(F)cccc1F)NCC1CCCN(C)C1. The molecule has 1 aromatic rings. The monoisotopic (exact) mass is 282 g/mol. The minimum Gasteiger partial charge on any atom is -0.314 e. The van der Waals surface area contributed by atoms with Crippen LogP contribution in [0.15, 0.2) is 18.2 Å². The Morgan fingerprint density at radius 1 is 1.35 bits per heavy atom. The van der Waals surface area contributed by atoms with Crippen molar-refractivity contribution >= 4 is 0 Å². The second kappa shape index (κ2) is 7.14. The Bertz CT molecular complexity index is 416. The number of rotatable bonds is 5. The number of nitrogens with one attached hydrogen (secondary N) is 1. The molecule has 1 aliphatic heterocycles. The van der Waals surface area contributed by atoms with Gasteiger partial charge in [0.05, 0.1) is 0 Å². The molecule has 2 rings (SSSR count). The molecule has 2 atom stereocenters. The number of hydrogen-bond acceptors (Lipinski definition) is 2. The molecule has 1 aliphatic rings. The van der Waals surface area contributed by atoms with Crippen molar-refractivity contribution in [2.75, 3.05) is 26.7 Å². The molecule has 1 saturated heterocycles. The molecule has 0 saturated carbocycles. The fourth-order valence-electron chi connectivity index (χ4n) is 2.91. The molecule has 0 radical (unpaired) electrons. The van der Waals surface area contributed by atoms with Gasteiger partial charge < -0.3 is 10.2 Å². The first-order valence-electron chi connectivity index (χ1n) is 7.41. The highest BCUT2D eigenvalue weighted by atomic mass is 19.1. The number of nitrogens with zero attached hydrogens (tertiary/aromatic N) is 1. The lowest BCUT2D eigenvalue weighted by molar-refractivity contribution is 0.203. The molecule has 0 amide bonds. The highest BCUT2D eigenvalue weighted by molar-refractivity contribution is 5.20. The lowest BCUT2D eigenvalue weighted by atomic mass is 9.97. The Morgan fingerprint density at radius 2 is 2.05 bits per heavy atom. The Balaban J connectivity index is 1.82. The molecule has 0 aromatic heterocycles. The molecule has 4 heteroatoms. The standard InChI is InChI=1S/C16H24F2N2/c1-12(9-14-15(17)6-3-7-16(14)18)19-10-13-5-4-8-20(2)11-13/h3,6-7,12-13,19H,4-5,8-11H2,1-2H3. The van der Waals surface area contributed by atoms with Crippen molar-refractivity contribution in [2.45, 2.75) is 32.2 Å². The summed E-state index contributed by atoms with van der Waals surface area (Å²) in [6.07, 6.45) is 2.86. The van der Waals surface area contributed by atoms with E-state index in [1.54, 1.807) is 0 Å². The zero-order valence-electron chi connectivity index (χ0n) is 12.3. The molecule has 1 fully saturated rings. The predicted octanol–water partition coefficient (Wildman–Crippen LogP) is 2.83. The van der Waals surface area contributed by atoms with Crippen LogP contribution in [-0.2, 0) is 6.42 Å². The van der Waals surface area contributed by atoms with Crippen LogP contribution in [0.2, 0.25) is 0 Å². The van der Waals surface area contributed by atoms with Crippen LogP contribution in [0, 0.1) is 17.6 Å². The summed E-state index contributed by atoms with van der Waals surface area (Å²) in [4.78, 5) is 2.34. The number of likely N-dealkylation sites (tertiary alicyclic amines) is 1. The van der Waals surface area contributed by atoms with E-state index in [2.05, 4.69) is 17.3 Å². The molecule has 1 heterocycles. The fourth-order valence-corrected chi connectivity index (χ4v) is 2.91. The van der Waals surface area contributed by atoms with Crippen molar-refractivity contribution in [1.82, 2.24) is 10.2 Å². The minimum absolute atomic E-state index is 0.0774. The van der Waals surface area contributed by atoms with Crippen LogP contribution in [0.5, 0.6) is 0 Å². The largest absolute Gasteiger partial charge is 0.314 e. The summed E-state index contributed by atoms with van der Waals surface area (Å²) in [6, 6.07) is 4.13. The Kier molecular flexibility index (Phi) is 5.49. The van der Waals surface area contributed by atoms with Gasteiger partial charge in [0, 0.05) is 18.2 Å². The summed E-state index contributed by atoms with van der Waals surface area (Å²) in [5.74, 6) is -0.256. The van der Waals surface area contributed by atoms with Gasteiger partial charge in [-0.3, -0.25) is 0 Å². The van der Waals surface area contributed by atoms with Crippen molar-refractivity contribution in [1.29, 1.82) is 0 Å². The fraction of sp³-hybridized carbons (Fsp3) is 0.625. The van der Waals surface area contributed by atoms with Crippen molar-refractivity contribution in [3.63, 3.8) is 0 Å². The highest BCUT2D eigenvalue weighted by Crippen LogP contribution is 2.16. The van der Waals surface area contributed by atoms with Gasteiger partial charge in [0.2, 0.25) is 0 Å². The second-order valence-corrected chi connectivity index (χ2v) is 5.98. The molecule has 0 bridgehead atoms. The third-order valence-corrected chi connectivity index (χ3v) is 4.05. The maximum atomic E-state index is 13.6. The van der Waals surface area contributed by atoms with Crippen LogP contribution in [-0.4, -0.2) is 37.6 Å². The van der Waals surface area contributed by atoms with Gasteiger partial charge in [-0.05, 0) is 64.4 Å². The van der Waals surface area contributed by atoms with Gasteiger partial charge in [0.25, 0.3) is 0 Å². The molecular formula is C16H24F2N2. The first-order chi connectivity index (χ1) is 9.56. The van der Waals surface area contributed by atoms with Crippen molar-refractivity contribution in [3.8, 4) is 0 Å². The molecule has 0 spiro atoms. The molecular weight excluding hydrogens is 258 g/mol. The Morgan fingerprint density at radius 3 is 2.70 bits per heavy atom. The number of hydrogen-bond donors (Lipinski definition) is 1. The first kappa shape index (κ1) is 15.4. The zero-order chi connectivity index (χ0) is 14.5. The van der Waals surface area contributed by atoms with Crippen LogP contribution in [0.3, 0.4) is 0 Å². The van der Waals surface area contributed by atoms with Crippen LogP contribution in [0.25, 0.3) is 0 Å². The van der Waals surface area contributed by atoms with E-state index in [0.29, 0.717) is 12.3 Å². The molecule has 2 unspecified atom stereocenters. The molecule has 1 aromatic carbocycles. The van der Waals surface area contributed by atoms with E-state index >= 15 is 0 Å². The van der Waals surface area contributed by atoms with Gasteiger partial charge in [-0.1, -0.05) is 6.07 Å². The third-order valence-electron chi connectivity index (χ3n) is 4.05. The number of halogens is 2. The Hall–Kier alpha value is -1.00. The summed E-state index contributed by atoms with van der Waals surface area (Å²) in [5.41, 5.74) is 0.188. The van der Waals surface area contributed by atoms with Crippen LogP contribution in [0.1, 0.15) is 25.3 Å². The van der Waals surface area contributed by atoms with Gasteiger partial charge in [-0.25, -0.2) is 8.78 Å². The van der Waals surface area contributed by atoms with Crippen LogP contribution >= 0.6 is 0 Å². The third kappa shape index (κ3) is 4.25. The summed E-state index contributed by atoms with van der Waals surface area (Å²) < 4.78 is 27.2.